The Morgan fingerprint density at radius 1 is 1.36 bits per heavy atom. The van der Waals surface area contributed by atoms with Crippen LogP contribution in [0.1, 0.15) is 39.0 Å². The first-order chi connectivity index (χ1) is 10.3. The molecule has 2 atom stereocenters. The normalized spacial score (nSPS) is 20.1. The Balaban J connectivity index is 2.84. The van der Waals surface area contributed by atoms with Crippen molar-refractivity contribution in [2.24, 2.45) is 5.92 Å². The number of rotatable bonds is 10. The molecule has 0 saturated heterocycles. The van der Waals surface area contributed by atoms with Gasteiger partial charge in [0.1, 0.15) is 6.61 Å². The van der Waals surface area contributed by atoms with E-state index in [-0.39, 0.29) is 30.2 Å². The van der Waals surface area contributed by atoms with Crippen LogP contribution in [-0.2, 0) is 18.8 Å². The van der Waals surface area contributed by atoms with Crippen molar-refractivity contribution in [3.05, 3.63) is 11.6 Å². The summed E-state index contributed by atoms with van der Waals surface area (Å²) in [6, 6.07) is 0. The number of Topliss-reactive ketones (excluding diaryl/α,β-unsaturated/α-hetero) is 2. The molecule has 126 valence electrons. The number of carbonyl (C=O) groups excluding carboxylic acids is 2. The lowest BCUT2D eigenvalue weighted by Crippen LogP contribution is -2.30. The second-order valence-electron chi connectivity index (χ2n) is 6.97. The maximum absolute atomic E-state index is 12.3. The Morgan fingerprint density at radius 2 is 2.05 bits per heavy atom. The predicted octanol–water partition coefficient (Wildman–Crippen LogP) is 3.52. The minimum atomic E-state index is -1.70. The molecule has 1 aliphatic rings. The van der Waals surface area contributed by atoms with E-state index < -0.39 is 8.32 Å². The highest BCUT2D eigenvalue weighted by Gasteiger charge is 2.34. The van der Waals surface area contributed by atoms with Crippen LogP contribution in [0, 0.1) is 5.92 Å². The second kappa shape index (κ2) is 8.75. The first kappa shape index (κ1) is 19.3. The summed E-state index contributed by atoms with van der Waals surface area (Å²) in [5.41, 5.74) is 0.654. The van der Waals surface area contributed by atoms with E-state index in [1.54, 1.807) is 0 Å². The van der Waals surface area contributed by atoms with Crippen LogP contribution in [-0.4, -0.2) is 39.7 Å². The summed E-state index contributed by atoms with van der Waals surface area (Å²) in [5.74, 6) is -0.254. The molecular weight excluding hydrogens is 296 g/mol. The number of methoxy groups -OCH3 is 1. The highest BCUT2D eigenvalue weighted by atomic mass is 28.4. The number of carbonyl (C=O) groups is 2. The molecule has 0 aromatic heterocycles. The van der Waals surface area contributed by atoms with E-state index in [4.69, 9.17) is 9.16 Å². The number of allylic oxidation sites excluding steroid dienone is 1. The van der Waals surface area contributed by atoms with Crippen LogP contribution in [0.4, 0.5) is 0 Å². The Hall–Kier alpha value is -0.783. The number of ether oxygens (including phenoxy) is 1. The average Bonchev–Trinajstić information content (AvgIpc) is 2.73. The molecule has 2 unspecified atom stereocenters. The van der Waals surface area contributed by atoms with E-state index in [9.17, 15) is 9.59 Å². The third-order valence-corrected chi connectivity index (χ3v) is 4.74. The van der Waals surface area contributed by atoms with Gasteiger partial charge in [0.15, 0.2) is 19.9 Å². The molecule has 0 spiro atoms. The molecule has 0 saturated carbocycles. The van der Waals surface area contributed by atoms with Crippen LogP contribution in [0.3, 0.4) is 0 Å². The van der Waals surface area contributed by atoms with Gasteiger partial charge in [0.05, 0.1) is 6.10 Å². The Morgan fingerprint density at radius 3 is 2.59 bits per heavy atom. The number of hydrogen-bond donors (Lipinski definition) is 0. The quantitative estimate of drug-likeness (QED) is 0.455. The second-order valence-corrected chi connectivity index (χ2v) is 11.4. The highest BCUT2D eigenvalue weighted by molar-refractivity contribution is 6.69. The number of hydrogen-bond acceptors (Lipinski definition) is 4. The van der Waals surface area contributed by atoms with Gasteiger partial charge in [-0.15, -0.1) is 0 Å². The minimum absolute atomic E-state index is 0.00635. The first-order valence-corrected chi connectivity index (χ1v) is 11.6. The van der Waals surface area contributed by atoms with Crippen LogP contribution in [0.15, 0.2) is 11.6 Å². The zero-order chi connectivity index (χ0) is 16.8. The zero-order valence-corrected chi connectivity index (χ0v) is 15.6. The fraction of sp³-hybridized carbons (Fsp3) is 0.765. The van der Waals surface area contributed by atoms with Crippen molar-refractivity contribution in [2.45, 2.75) is 64.8 Å². The smallest absolute Gasteiger partial charge is 0.184 e. The molecule has 0 aliphatic heterocycles. The predicted molar refractivity (Wildman–Crippen MR) is 90.4 cm³/mol. The maximum Gasteiger partial charge on any atom is 0.184 e. The van der Waals surface area contributed by atoms with Gasteiger partial charge >= 0.3 is 0 Å². The van der Waals surface area contributed by atoms with Crippen molar-refractivity contribution in [1.29, 1.82) is 0 Å². The standard InChI is InChI=1S/C17H30O4Si/c1-6-7-8-9-14(17(19)12-20-2)15-10-13(11-16(15)18)21-22(3,4)5/h10,13-14H,6-9,11-12H2,1-5H3. The molecule has 0 radical (unpaired) electrons. The fourth-order valence-corrected chi connectivity index (χ4v) is 3.88. The van der Waals surface area contributed by atoms with E-state index in [1.807, 2.05) is 6.08 Å². The minimum Gasteiger partial charge on any atom is -0.411 e. The van der Waals surface area contributed by atoms with Crippen molar-refractivity contribution < 1.29 is 18.8 Å². The lowest BCUT2D eigenvalue weighted by atomic mass is 9.88. The Bertz CT molecular complexity index is 423. The van der Waals surface area contributed by atoms with Gasteiger partial charge in [-0.25, -0.2) is 0 Å². The molecule has 1 aliphatic carbocycles. The first-order valence-electron chi connectivity index (χ1n) is 8.23. The van der Waals surface area contributed by atoms with Gasteiger partial charge in [0, 0.05) is 25.0 Å². The fourth-order valence-electron chi connectivity index (χ4n) is 2.82. The van der Waals surface area contributed by atoms with E-state index >= 15 is 0 Å². The van der Waals surface area contributed by atoms with Gasteiger partial charge < -0.3 is 9.16 Å². The van der Waals surface area contributed by atoms with E-state index in [0.717, 1.165) is 25.7 Å². The number of ketones is 2. The molecule has 0 aromatic carbocycles. The van der Waals surface area contributed by atoms with Gasteiger partial charge in [0.2, 0.25) is 0 Å². The number of unbranched alkanes of at least 4 members (excludes halogenated alkanes) is 2. The summed E-state index contributed by atoms with van der Waals surface area (Å²) >= 11 is 0. The monoisotopic (exact) mass is 326 g/mol. The highest BCUT2D eigenvalue weighted by Crippen LogP contribution is 2.30. The van der Waals surface area contributed by atoms with E-state index in [2.05, 4.69) is 26.6 Å². The van der Waals surface area contributed by atoms with Crippen LogP contribution in [0.25, 0.3) is 0 Å². The summed E-state index contributed by atoms with van der Waals surface area (Å²) in [6.07, 6.45) is 5.98. The van der Waals surface area contributed by atoms with Gasteiger partial charge in [-0.05, 0) is 32.1 Å². The van der Waals surface area contributed by atoms with Crippen LogP contribution in [0.2, 0.25) is 19.6 Å². The lowest BCUT2D eigenvalue weighted by Gasteiger charge is -2.21. The van der Waals surface area contributed by atoms with Crippen molar-refractivity contribution in [2.75, 3.05) is 13.7 Å². The summed E-state index contributed by atoms with van der Waals surface area (Å²) in [5, 5.41) is 0. The topological polar surface area (TPSA) is 52.6 Å². The van der Waals surface area contributed by atoms with Gasteiger partial charge in [-0.1, -0.05) is 26.2 Å². The SMILES string of the molecule is CCCCCC(C(=O)COC)C1=CC(O[Si](C)(C)C)CC1=O. The van der Waals surface area contributed by atoms with Gasteiger partial charge in [-0.2, -0.15) is 0 Å². The molecule has 0 aromatic rings. The van der Waals surface area contributed by atoms with Crippen LogP contribution >= 0.6 is 0 Å². The largest absolute Gasteiger partial charge is 0.411 e. The summed E-state index contributed by atoms with van der Waals surface area (Å²) in [4.78, 5) is 24.6. The molecule has 0 fully saturated rings. The van der Waals surface area contributed by atoms with E-state index in [1.165, 1.54) is 7.11 Å². The lowest BCUT2D eigenvalue weighted by molar-refractivity contribution is -0.127. The summed E-state index contributed by atoms with van der Waals surface area (Å²) < 4.78 is 11.0. The van der Waals surface area contributed by atoms with Crippen LogP contribution < -0.4 is 0 Å². The molecule has 5 heteroatoms. The van der Waals surface area contributed by atoms with Gasteiger partial charge in [0.25, 0.3) is 0 Å². The Labute approximate surface area is 135 Å². The van der Waals surface area contributed by atoms with E-state index in [0.29, 0.717) is 12.0 Å². The van der Waals surface area contributed by atoms with Crippen molar-refractivity contribution >= 4 is 19.9 Å². The van der Waals surface area contributed by atoms with Crippen molar-refractivity contribution in [3.8, 4) is 0 Å². The summed E-state index contributed by atoms with van der Waals surface area (Å²) in [7, 11) is -0.179. The Kier molecular flexibility index (Phi) is 7.66. The molecule has 0 bridgehead atoms. The average molecular weight is 327 g/mol. The molecule has 4 nitrogen and oxygen atoms in total. The molecular formula is C17H30O4Si. The molecule has 0 heterocycles. The molecule has 0 amide bonds. The van der Waals surface area contributed by atoms with Crippen molar-refractivity contribution in [1.82, 2.24) is 0 Å². The van der Waals surface area contributed by atoms with Crippen LogP contribution in [0.5, 0.6) is 0 Å². The van der Waals surface area contributed by atoms with Crippen molar-refractivity contribution in [3.63, 3.8) is 0 Å². The third kappa shape index (κ3) is 6.14. The third-order valence-electron chi connectivity index (χ3n) is 3.73. The molecule has 1 rings (SSSR count). The maximum atomic E-state index is 12.3. The van der Waals surface area contributed by atoms with Gasteiger partial charge in [-0.3, -0.25) is 9.59 Å². The zero-order valence-electron chi connectivity index (χ0n) is 14.6. The summed E-state index contributed by atoms with van der Waals surface area (Å²) in [6.45, 7) is 8.53. The molecule has 22 heavy (non-hydrogen) atoms. The molecule has 0 N–H and O–H groups in total.